The van der Waals surface area contributed by atoms with Crippen molar-refractivity contribution < 1.29 is 0 Å². The molecule has 0 nitrogen and oxygen atoms in total. The summed E-state index contributed by atoms with van der Waals surface area (Å²) in [5.41, 5.74) is 0.333. The van der Waals surface area contributed by atoms with Gasteiger partial charge < -0.3 is 0 Å². The zero-order valence-corrected chi connectivity index (χ0v) is 4.91. The van der Waals surface area contributed by atoms with Crippen molar-refractivity contribution in [3.05, 3.63) is 0 Å². The summed E-state index contributed by atoms with van der Waals surface area (Å²) in [6, 6.07) is 0. The van der Waals surface area contributed by atoms with Crippen molar-refractivity contribution in [3.8, 4) is 11.8 Å². The van der Waals surface area contributed by atoms with Crippen molar-refractivity contribution in [1.29, 1.82) is 0 Å². The van der Waals surface area contributed by atoms with Crippen LogP contribution in [0.4, 0.5) is 0 Å². The molecule has 0 atom stereocenters. The summed E-state index contributed by atoms with van der Waals surface area (Å²) in [7, 11) is 0. The quantitative estimate of drug-likeness (QED) is 0.401. The van der Waals surface area contributed by atoms with Crippen molar-refractivity contribution in [3.63, 3.8) is 0 Å². The molecule has 0 spiro atoms. The van der Waals surface area contributed by atoms with E-state index in [1.165, 1.54) is 6.42 Å². The van der Waals surface area contributed by atoms with E-state index in [2.05, 4.69) is 25.7 Å². The molecule has 0 radical (unpaired) electrons. The minimum atomic E-state index is 0.333. The summed E-state index contributed by atoms with van der Waals surface area (Å²) in [6.07, 6.45) is 2.33. The highest BCUT2D eigenvalue weighted by molar-refractivity contribution is 5.15. The van der Waals surface area contributed by atoms with Gasteiger partial charge in [0.15, 0.2) is 0 Å². The van der Waals surface area contributed by atoms with E-state index in [9.17, 15) is 0 Å². The minimum Gasteiger partial charge on any atom is -0.103 e. The van der Waals surface area contributed by atoms with Crippen LogP contribution in [0.1, 0.15) is 26.7 Å². The molecule has 0 heterocycles. The molecule has 0 amide bonds. The second-order valence-electron chi connectivity index (χ2n) is 2.69. The SMILES string of the molecule is CC1(C)C#CCC1. The molecule has 1 aliphatic carbocycles. The Morgan fingerprint density at radius 3 is 2.29 bits per heavy atom. The van der Waals surface area contributed by atoms with E-state index in [0.29, 0.717) is 5.41 Å². The average Bonchev–Trinajstić information content (AvgIpc) is 1.84. The molecule has 0 aromatic rings. The molecule has 0 fully saturated rings. The van der Waals surface area contributed by atoms with Crippen molar-refractivity contribution in [2.24, 2.45) is 5.41 Å². The summed E-state index contributed by atoms with van der Waals surface area (Å²) >= 11 is 0. The predicted molar refractivity (Wildman–Crippen MR) is 30.8 cm³/mol. The van der Waals surface area contributed by atoms with Gasteiger partial charge in [-0.05, 0) is 20.3 Å². The van der Waals surface area contributed by atoms with Gasteiger partial charge in [0, 0.05) is 11.8 Å². The van der Waals surface area contributed by atoms with Crippen LogP contribution in [0.25, 0.3) is 0 Å². The van der Waals surface area contributed by atoms with Gasteiger partial charge in [-0.15, -0.1) is 5.92 Å². The van der Waals surface area contributed by atoms with Crippen LogP contribution in [0.5, 0.6) is 0 Å². The van der Waals surface area contributed by atoms with Crippen LogP contribution in [-0.4, -0.2) is 0 Å². The Morgan fingerprint density at radius 1 is 1.43 bits per heavy atom. The lowest BCUT2D eigenvalue weighted by Crippen LogP contribution is -2.01. The predicted octanol–water partition coefficient (Wildman–Crippen LogP) is 1.81. The minimum absolute atomic E-state index is 0.333. The maximum absolute atomic E-state index is 3.15. The first-order valence-corrected chi connectivity index (χ1v) is 2.71. The molecule has 0 saturated carbocycles. The van der Waals surface area contributed by atoms with Gasteiger partial charge in [-0.2, -0.15) is 0 Å². The molecule has 0 saturated heterocycles. The fourth-order valence-electron chi connectivity index (χ4n) is 0.739. The molecule has 0 aromatic carbocycles. The van der Waals surface area contributed by atoms with Crippen LogP contribution >= 0.6 is 0 Å². The summed E-state index contributed by atoms with van der Waals surface area (Å²) in [5, 5.41) is 0. The van der Waals surface area contributed by atoms with Crippen LogP contribution in [0, 0.1) is 17.3 Å². The standard InChI is InChI=1S/C7H10/c1-7(2)5-3-4-6-7/h3,5H2,1-2H3. The first kappa shape index (κ1) is 4.71. The largest absolute Gasteiger partial charge is 0.103 e. The Kier molecular flexibility index (Phi) is 0.852. The molecular weight excluding hydrogens is 84.1 g/mol. The van der Waals surface area contributed by atoms with Gasteiger partial charge in [0.2, 0.25) is 0 Å². The van der Waals surface area contributed by atoms with E-state index in [4.69, 9.17) is 0 Å². The highest BCUT2D eigenvalue weighted by Gasteiger charge is 2.15. The highest BCUT2D eigenvalue weighted by atomic mass is 14.2. The van der Waals surface area contributed by atoms with E-state index in [1.807, 2.05) is 0 Å². The normalized spacial score (nSPS) is 23.7. The first-order valence-electron chi connectivity index (χ1n) is 2.71. The first-order chi connectivity index (χ1) is 3.21. The Hall–Kier alpha value is -0.440. The molecule has 0 unspecified atom stereocenters. The third kappa shape index (κ3) is 0.962. The zero-order chi connectivity index (χ0) is 5.33. The molecule has 0 N–H and O–H groups in total. The molecule has 0 bridgehead atoms. The van der Waals surface area contributed by atoms with Crippen molar-refractivity contribution in [1.82, 2.24) is 0 Å². The lowest BCUT2D eigenvalue weighted by molar-refractivity contribution is 0.485. The lowest BCUT2D eigenvalue weighted by atomic mass is 9.94. The summed E-state index contributed by atoms with van der Waals surface area (Å²) in [6.45, 7) is 4.38. The highest BCUT2D eigenvalue weighted by Crippen LogP contribution is 2.24. The van der Waals surface area contributed by atoms with Crippen molar-refractivity contribution >= 4 is 0 Å². The third-order valence-electron chi connectivity index (χ3n) is 1.30. The van der Waals surface area contributed by atoms with Gasteiger partial charge in [0.05, 0.1) is 0 Å². The maximum atomic E-state index is 3.15. The second kappa shape index (κ2) is 1.26. The van der Waals surface area contributed by atoms with Crippen LogP contribution in [0.15, 0.2) is 0 Å². The van der Waals surface area contributed by atoms with Crippen LogP contribution < -0.4 is 0 Å². The molecule has 0 heteroatoms. The molecule has 7 heavy (non-hydrogen) atoms. The summed E-state index contributed by atoms with van der Waals surface area (Å²) < 4.78 is 0. The van der Waals surface area contributed by atoms with E-state index in [0.717, 1.165) is 6.42 Å². The Bertz CT molecular complexity index is 121. The molecule has 0 aromatic heterocycles. The van der Waals surface area contributed by atoms with Gasteiger partial charge >= 0.3 is 0 Å². The van der Waals surface area contributed by atoms with E-state index in [-0.39, 0.29) is 0 Å². The Labute approximate surface area is 44.9 Å². The lowest BCUT2D eigenvalue weighted by Gasteiger charge is -2.09. The fourth-order valence-corrected chi connectivity index (χ4v) is 0.739. The smallest absolute Gasteiger partial charge is 0.0267 e. The number of hydrogen-bond donors (Lipinski definition) is 0. The van der Waals surface area contributed by atoms with Gasteiger partial charge in [-0.25, -0.2) is 0 Å². The average molecular weight is 94.2 g/mol. The van der Waals surface area contributed by atoms with Crippen LogP contribution in [0.3, 0.4) is 0 Å². The van der Waals surface area contributed by atoms with Crippen LogP contribution in [0.2, 0.25) is 0 Å². The van der Waals surface area contributed by atoms with E-state index >= 15 is 0 Å². The van der Waals surface area contributed by atoms with Gasteiger partial charge in [0.25, 0.3) is 0 Å². The topological polar surface area (TPSA) is 0 Å². The third-order valence-corrected chi connectivity index (χ3v) is 1.30. The monoisotopic (exact) mass is 94.1 g/mol. The van der Waals surface area contributed by atoms with E-state index in [1.54, 1.807) is 0 Å². The van der Waals surface area contributed by atoms with Gasteiger partial charge in [-0.3, -0.25) is 0 Å². The van der Waals surface area contributed by atoms with Crippen LogP contribution in [-0.2, 0) is 0 Å². The molecule has 1 rings (SSSR count). The second-order valence-corrected chi connectivity index (χ2v) is 2.69. The van der Waals surface area contributed by atoms with E-state index < -0.39 is 0 Å². The number of rotatable bonds is 0. The van der Waals surface area contributed by atoms with Crippen molar-refractivity contribution in [2.45, 2.75) is 26.7 Å². The molecule has 1 aliphatic rings. The van der Waals surface area contributed by atoms with Gasteiger partial charge in [0.1, 0.15) is 0 Å². The van der Waals surface area contributed by atoms with Crippen molar-refractivity contribution in [2.75, 3.05) is 0 Å². The van der Waals surface area contributed by atoms with Gasteiger partial charge in [-0.1, -0.05) is 5.92 Å². The maximum Gasteiger partial charge on any atom is 0.0267 e. The summed E-state index contributed by atoms with van der Waals surface area (Å²) in [5.74, 6) is 6.21. The molecular formula is C7H10. The fraction of sp³-hybridized carbons (Fsp3) is 0.714. The molecule has 0 aliphatic heterocycles. The number of hydrogen-bond acceptors (Lipinski definition) is 0. The Morgan fingerprint density at radius 2 is 2.14 bits per heavy atom. The summed E-state index contributed by atoms with van der Waals surface area (Å²) in [4.78, 5) is 0. The zero-order valence-electron chi connectivity index (χ0n) is 4.91. The Balaban J connectivity index is 2.64. The molecule has 38 valence electrons.